The van der Waals surface area contributed by atoms with Gasteiger partial charge in [0.1, 0.15) is 0 Å². The third kappa shape index (κ3) is 5.14. The first-order valence-corrected chi connectivity index (χ1v) is 6.61. The molecule has 1 unspecified atom stereocenters. The summed E-state index contributed by atoms with van der Waals surface area (Å²) < 4.78 is 10.3. The monoisotopic (exact) mass is 272 g/mol. The van der Waals surface area contributed by atoms with E-state index in [1.165, 1.54) is 6.92 Å². The smallest absolute Gasteiger partial charge is 0.221 e. The Bertz CT molecular complexity index is 368. The number of rotatable bonds is 8. The fourth-order valence-electron chi connectivity index (χ4n) is 1.52. The van der Waals surface area contributed by atoms with E-state index in [1.54, 1.807) is 25.6 Å². The molecule has 5 nitrogen and oxygen atoms in total. The molecule has 1 heterocycles. The molecule has 6 heteroatoms. The van der Waals surface area contributed by atoms with Crippen molar-refractivity contribution in [2.75, 3.05) is 32.7 Å². The van der Waals surface area contributed by atoms with E-state index in [-0.39, 0.29) is 12.0 Å². The molecule has 18 heavy (non-hydrogen) atoms. The fourth-order valence-corrected chi connectivity index (χ4v) is 2.32. The minimum atomic E-state index is -0.0520. The molecule has 2 N–H and O–H groups in total. The quantitative estimate of drug-likeness (QED) is 0.752. The topological polar surface area (TPSA) is 59.6 Å². The molecule has 0 spiro atoms. The second kappa shape index (κ2) is 8.20. The minimum absolute atomic E-state index is 0.0409. The number of amides is 1. The molecule has 0 radical (unpaired) electrons. The molecule has 0 bridgehead atoms. The second-order valence-corrected chi connectivity index (χ2v) is 4.88. The van der Waals surface area contributed by atoms with Crippen molar-refractivity contribution in [1.82, 2.24) is 5.32 Å². The van der Waals surface area contributed by atoms with Gasteiger partial charge in [-0.3, -0.25) is 4.79 Å². The fraction of sp³-hybridized carbons (Fsp3) is 0.583. The molecule has 102 valence electrons. The summed E-state index contributed by atoms with van der Waals surface area (Å²) in [7, 11) is 3.32. The Morgan fingerprint density at radius 2 is 2.28 bits per heavy atom. The zero-order valence-corrected chi connectivity index (χ0v) is 11.8. The van der Waals surface area contributed by atoms with Gasteiger partial charge in [-0.25, -0.2) is 0 Å². The van der Waals surface area contributed by atoms with Crippen molar-refractivity contribution >= 4 is 22.9 Å². The summed E-state index contributed by atoms with van der Waals surface area (Å²) in [5.74, 6) is -0.0520. The van der Waals surface area contributed by atoms with Crippen LogP contribution >= 0.6 is 11.3 Å². The summed E-state index contributed by atoms with van der Waals surface area (Å²) >= 11 is 1.61. The zero-order chi connectivity index (χ0) is 13.4. The first kappa shape index (κ1) is 15.1. The van der Waals surface area contributed by atoms with E-state index < -0.39 is 0 Å². The first-order chi connectivity index (χ1) is 8.67. The maximum atomic E-state index is 11.0. The van der Waals surface area contributed by atoms with Crippen LogP contribution in [0.5, 0.6) is 0 Å². The van der Waals surface area contributed by atoms with Crippen molar-refractivity contribution in [3.8, 4) is 0 Å². The molecule has 0 aliphatic carbocycles. The number of ether oxygens (including phenoxy) is 2. The van der Waals surface area contributed by atoms with Crippen molar-refractivity contribution in [2.24, 2.45) is 0 Å². The number of thiophene rings is 1. The first-order valence-electron chi connectivity index (χ1n) is 5.73. The molecule has 0 aliphatic rings. The molecular formula is C12H20N2O3S. The molecular weight excluding hydrogens is 252 g/mol. The highest BCUT2D eigenvalue weighted by molar-refractivity contribution is 7.10. The summed E-state index contributed by atoms with van der Waals surface area (Å²) in [5.41, 5.74) is 0.876. The normalized spacial score (nSPS) is 12.4. The summed E-state index contributed by atoms with van der Waals surface area (Å²) in [5, 5.41) is 8.06. The largest absolute Gasteiger partial charge is 0.382 e. The number of hydrogen-bond acceptors (Lipinski definition) is 5. The number of hydrogen-bond donors (Lipinski definition) is 2. The van der Waals surface area contributed by atoms with Gasteiger partial charge in [-0.2, -0.15) is 0 Å². The number of carbonyl (C=O) groups is 1. The van der Waals surface area contributed by atoms with E-state index in [1.807, 2.05) is 11.4 Å². The number of nitrogens with one attached hydrogen (secondary N) is 2. The third-order valence-corrected chi connectivity index (χ3v) is 3.32. The molecule has 1 atom stereocenters. The minimum Gasteiger partial charge on any atom is -0.382 e. The van der Waals surface area contributed by atoms with Crippen molar-refractivity contribution < 1.29 is 14.3 Å². The number of anilines is 1. The molecule has 1 rings (SSSR count). The lowest BCUT2D eigenvalue weighted by Crippen LogP contribution is -2.31. The number of carbonyl (C=O) groups excluding carboxylic acids is 1. The molecule has 0 aliphatic heterocycles. The Hall–Kier alpha value is -0.950. The van der Waals surface area contributed by atoms with Crippen molar-refractivity contribution in [3.05, 3.63) is 16.3 Å². The number of methoxy groups -OCH3 is 2. The Balaban J connectivity index is 2.38. The van der Waals surface area contributed by atoms with Crippen LogP contribution in [-0.4, -0.2) is 39.4 Å². The average Bonchev–Trinajstić information content (AvgIpc) is 2.74. The van der Waals surface area contributed by atoms with Gasteiger partial charge in [-0.15, -0.1) is 11.3 Å². The van der Waals surface area contributed by atoms with Gasteiger partial charge in [-0.1, -0.05) is 0 Å². The van der Waals surface area contributed by atoms with E-state index in [4.69, 9.17) is 9.47 Å². The summed E-state index contributed by atoms with van der Waals surface area (Å²) in [6, 6.07) is 1.91. The molecule has 0 fully saturated rings. The van der Waals surface area contributed by atoms with E-state index in [9.17, 15) is 4.79 Å². The lowest BCUT2D eigenvalue weighted by Gasteiger charge is -2.15. The maximum Gasteiger partial charge on any atom is 0.221 e. The lowest BCUT2D eigenvalue weighted by atomic mass is 10.3. The Kier molecular flexibility index (Phi) is 6.89. The molecule has 1 aromatic rings. The highest BCUT2D eigenvalue weighted by Crippen LogP contribution is 2.21. The SMILES string of the molecule is COCC(CNCc1sccc1NC(C)=O)OC. The van der Waals surface area contributed by atoms with Crippen molar-refractivity contribution in [1.29, 1.82) is 0 Å². The Morgan fingerprint density at radius 1 is 1.50 bits per heavy atom. The van der Waals surface area contributed by atoms with Gasteiger partial charge in [0, 0.05) is 39.1 Å². The predicted octanol–water partition coefficient (Wildman–Crippen LogP) is 1.46. The molecule has 0 saturated carbocycles. The standard InChI is InChI=1S/C12H20N2O3S/c1-9(15)14-11-4-5-18-12(11)7-13-6-10(17-3)8-16-2/h4-5,10,13H,6-8H2,1-3H3,(H,14,15). The maximum absolute atomic E-state index is 11.0. The second-order valence-electron chi connectivity index (χ2n) is 3.88. The highest BCUT2D eigenvalue weighted by Gasteiger charge is 2.08. The van der Waals surface area contributed by atoms with E-state index in [0.29, 0.717) is 19.7 Å². The van der Waals surface area contributed by atoms with Crippen molar-refractivity contribution in [2.45, 2.75) is 19.6 Å². The average molecular weight is 272 g/mol. The van der Waals surface area contributed by atoms with Gasteiger partial charge in [0.25, 0.3) is 0 Å². The summed E-state index contributed by atoms with van der Waals surface area (Å²) in [6.45, 7) is 3.49. The highest BCUT2D eigenvalue weighted by atomic mass is 32.1. The summed E-state index contributed by atoms with van der Waals surface area (Å²) in [4.78, 5) is 12.1. The zero-order valence-electron chi connectivity index (χ0n) is 11.0. The molecule has 1 aromatic heterocycles. The van der Waals surface area contributed by atoms with Crippen LogP contribution in [0.15, 0.2) is 11.4 Å². The van der Waals surface area contributed by atoms with Crippen molar-refractivity contribution in [3.63, 3.8) is 0 Å². The van der Waals surface area contributed by atoms with Gasteiger partial charge in [0.05, 0.1) is 18.4 Å². The van der Waals surface area contributed by atoms with Gasteiger partial charge in [0.15, 0.2) is 0 Å². The Labute approximate surface area is 111 Å². The lowest BCUT2D eigenvalue weighted by molar-refractivity contribution is -0.114. The molecule has 1 amide bonds. The van der Waals surface area contributed by atoms with Crippen LogP contribution in [0.25, 0.3) is 0 Å². The van der Waals surface area contributed by atoms with Crippen LogP contribution in [0.4, 0.5) is 5.69 Å². The van der Waals surface area contributed by atoms with Gasteiger partial charge in [-0.05, 0) is 11.4 Å². The van der Waals surface area contributed by atoms with Gasteiger partial charge in [0.2, 0.25) is 5.91 Å². The van der Waals surface area contributed by atoms with Gasteiger partial charge < -0.3 is 20.1 Å². The van der Waals surface area contributed by atoms with Crippen LogP contribution in [0.1, 0.15) is 11.8 Å². The van der Waals surface area contributed by atoms with Crippen LogP contribution in [0.2, 0.25) is 0 Å². The summed E-state index contributed by atoms with van der Waals surface area (Å²) in [6.07, 6.45) is 0.0409. The van der Waals surface area contributed by atoms with E-state index in [0.717, 1.165) is 10.6 Å². The third-order valence-electron chi connectivity index (χ3n) is 2.40. The van der Waals surface area contributed by atoms with Crippen LogP contribution in [0, 0.1) is 0 Å². The van der Waals surface area contributed by atoms with E-state index in [2.05, 4.69) is 10.6 Å². The molecule has 0 aromatic carbocycles. The van der Waals surface area contributed by atoms with E-state index >= 15 is 0 Å². The molecule has 0 saturated heterocycles. The van der Waals surface area contributed by atoms with Crippen LogP contribution in [0.3, 0.4) is 0 Å². The Morgan fingerprint density at radius 3 is 2.89 bits per heavy atom. The van der Waals surface area contributed by atoms with Gasteiger partial charge >= 0.3 is 0 Å². The van der Waals surface area contributed by atoms with Crippen LogP contribution < -0.4 is 10.6 Å². The predicted molar refractivity (Wildman–Crippen MR) is 73.0 cm³/mol. The van der Waals surface area contributed by atoms with Crippen LogP contribution in [-0.2, 0) is 20.8 Å².